The van der Waals surface area contributed by atoms with Gasteiger partial charge in [0.25, 0.3) is 11.1 Å². The summed E-state index contributed by atoms with van der Waals surface area (Å²) >= 11 is 0. The Kier molecular flexibility index (Phi) is 6.63. The predicted octanol–water partition coefficient (Wildman–Crippen LogP) is 2.82. The Hall–Kier alpha value is -3.35. The maximum Gasteiger partial charge on any atom is 0.273 e. The summed E-state index contributed by atoms with van der Waals surface area (Å²) in [6, 6.07) is 14.4. The maximum atomic E-state index is 13.1. The summed E-state index contributed by atoms with van der Waals surface area (Å²) in [6.45, 7) is 7.02. The second-order valence-electron chi connectivity index (χ2n) is 8.85. The van der Waals surface area contributed by atoms with Crippen molar-refractivity contribution in [3.8, 4) is 5.75 Å². The average molecular weight is 424 g/mol. The molecule has 1 N–H and O–H groups in total. The van der Waals surface area contributed by atoms with Crippen LogP contribution in [0.25, 0.3) is 10.8 Å². The van der Waals surface area contributed by atoms with E-state index in [1.54, 1.807) is 36.3 Å². The van der Waals surface area contributed by atoms with E-state index in [0.29, 0.717) is 30.3 Å². The fourth-order valence-corrected chi connectivity index (χ4v) is 3.51. The first-order valence-corrected chi connectivity index (χ1v) is 10.3. The van der Waals surface area contributed by atoms with Crippen LogP contribution in [0, 0.1) is 5.41 Å². The number of carbonyl (C=O) groups excluding carboxylic acids is 1. The van der Waals surface area contributed by atoms with E-state index in [4.69, 9.17) is 4.74 Å². The Labute approximate surface area is 181 Å². The molecule has 164 valence electrons. The summed E-state index contributed by atoms with van der Waals surface area (Å²) in [5.74, 6) is 0.572. The topological polar surface area (TPSA) is 84.4 Å². The van der Waals surface area contributed by atoms with Crippen LogP contribution in [0.2, 0.25) is 0 Å². The molecule has 2 aromatic carbocycles. The minimum absolute atomic E-state index is 0.114. The first kappa shape index (κ1) is 22.3. The minimum atomic E-state index is -0.386. The zero-order chi connectivity index (χ0) is 22.6. The Morgan fingerprint density at radius 2 is 1.68 bits per heavy atom. The first-order chi connectivity index (χ1) is 14.7. The van der Waals surface area contributed by atoms with E-state index >= 15 is 0 Å². The lowest BCUT2D eigenvalue weighted by Gasteiger charge is -2.30. The van der Waals surface area contributed by atoms with E-state index in [2.05, 4.69) is 25.9 Å². The highest BCUT2D eigenvalue weighted by Gasteiger charge is 2.22. The molecule has 0 saturated carbocycles. The third-order valence-corrected chi connectivity index (χ3v) is 5.02. The molecule has 7 heteroatoms. The standard InChI is InChI=1S/C24H29N3O4/c1-24(2,3)16-26(14-13-17-9-11-18(31-4)12-10-17)21(28)15-27-23(30)20-8-6-5-7-19(20)22(29)25-27/h5-12H,13-16H2,1-4H3,(H,25,29). The van der Waals surface area contributed by atoms with Gasteiger partial charge < -0.3 is 9.64 Å². The first-order valence-electron chi connectivity index (χ1n) is 10.3. The van der Waals surface area contributed by atoms with E-state index in [9.17, 15) is 14.4 Å². The molecule has 1 heterocycles. The number of carbonyl (C=O) groups is 1. The molecule has 0 spiro atoms. The highest BCUT2D eigenvalue weighted by molar-refractivity contribution is 5.81. The number of aromatic nitrogens is 2. The third-order valence-electron chi connectivity index (χ3n) is 5.02. The lowest BCUT2D eigenvalue weighted by Crippen LogP contribution is -2.43. The van der Waals surface area contributed by atoms with E-state index in [1.807, 2.05) is 24.3 Å². The van der Waals surface area contributed by atoms with Gasteiger partial charge in [0.05, 0.1) is 17.9 Å². The number of H-pyrrole nitrogens is 1. The van der Waals surface area contributed by atoms with E-state index in [0.717, 1.165) is 16.0 Å². The largest absolute Gasteiger partial charge is 0.497 e. The van der Waals surface area contributed by atoms with Gasteiger partial charge >= 0.3 is 0 Å². The van der Waals surface area contributed by atoms with Crippen molar-refractivity contribution in [3.05, 3.63) is 74.8 Å². The quantitative estimate of drug-likeness (QED) is 0.633. The molecule has 0 atom stereocenters. The van der Waals surface area contributed by atoms with Gasteiger partial charge in [0, 0.05) is 13.1 Å². The zero-order valence-corrected chi connectivity index (χ0v) is 18.5. The second kappa shape index (κ2) is 9.20. The molecule has 0 unspecified atom stereocenters. The van der Waals surface area contributed by atoms with Crippen molar-refractivity contribution in [2.45, 2.75) is 33.7 Å². The van der Waals surface area contributed by atoms with Gasteiger partial charge in [-0.05, 0) is 41.7 Å². The summed E-state index contributed by atoms with van der Waals surface area (Å²) in [7, 11) is 1.62. The molecule has 3 rings (SSSR count). The van der Waals surface area contributed by atoms with Crippen molar-refractivity contribution in [3.63, 3.8) is 0 Å². The number of hydrogen-bond acceptors (Lipinski definition) is 4. The van der Waals surface area contributed by atoms with Crippen LogP contribution in [0.15, 0.2) is 58.1 Å². The number of nitrogens with zero attached hydrogens (tertiary/aromatic N) is 2. The van der Waals surface area contributed by atoms with Crippen molar-refractivity contribution < 1.29 is 9.53 Å². The smallest absolute Gasteiger partial charge is 0.273 e. The molecule has 0 aliphatic heterocycles. The van der Waals surface area contributed by atoms with Gasteiger partial charge in [-0.2, -0.15) is 0 Å². The number of ether oxygens (including phenoxy) is 1. The Bertz CT molecular complexity index is 1170. The van der Waals surface area contributed by atoms with Crippen LogP contribution < -0.4 is 15.9 Å². The number of aromatic amines is 1. The monoisotopic (exact) mass is 423 g/mol. The van der Waals surface area contributed by atoms with Crippen LogP contribution in [-0.4, -0.2) is 40.8 Å². The molecule has 3 aromatic rings. The van der Waals surface area contributed by atoms with E-state index < -0.39 is 0 Å². The van der Waals surface area contributed by atoms with Gasteiger partial charge in [0.15, 0.2) is 0 Å². The minimum Gasteiger partial charge on any atom is -0.497 e. The molecule has 0 bridgehead atoms. The SMILES string of the molecule is COc1ccc(CCN(CC(C)(C)C)C(=O)Cn2[nH]c(=O)c3ccccc3c2=O)cc1. The van der Waals surface area contributed by atoms with Crippen molar-refractivity contribution in [2.75, 3.05) is 20.2 Å². The number of fused-ring (bicyclic) bond motifs is 1. The molecule has 0 aliphatic rings. The van der Waals surface area contributed by atoms with Crippen LogP contribution in [0.1, 0.15) is 26.3 Å². The lowest BCUT2D eigenvalue weighted by molar-refractivity contribution is -0.133. The molecule has 1 aromatic heterocycles. The number of hydrogen-bond donors (Lipinski definition) is 1. The number of nitrogens with one attached hydrogen (secondary N) is 1. The molecule has 31 heavy (non-hydrogen) atoms. The van der Waals surface area contributed by atoms with Crippen molar-refractivity contribution >= 4 is 16.7 Å². The van der Waals surface area contributed by atoms with Crippen LogP contribution in [0.5, 0.6) is 5.75 Å². The van der Waals surface area contributed by atoms with Crippen LogP contribution >= 0.6 is 0 Å². The maximum absolute atomic E-state index is 13.1. The average Bonchev–Trinajstić information content (AvgIpc) is 2.74. The molecular formula is C24H29N3O4. The number of rotatable bonds is 7. The Morgan fingerprint density at radius 1 is 1.03 bits per heavy atom. The van der Waals surface area contributed by atoms with E-state index in [-0.39, 0.29) is 29.0 Å². The van der Waals surface area contributed by atoms with Gasteiger partial charge in [0.1, 0.15) is 12.3 Å². The summed E-state index contributed by atoms with van der Waals surface area (Å²) < 4.78 is 6.30. The number of benzene rings is 2. The van der Waals surface area contributed by atoms with Gasteiger partial charge in [-0.15, -0.1) is 0 Å². The van der Waals surface area contributed by atoms with Gasteiger partial charge in [0.2, 0.25) is 5.91 Å². The molecule has 0 radical (unpaired) electrons. The summed E-state index contributed by atoms with van der Waals surface area (Å²) in [6.07, 6.45) is 0.676. The van der Waals surface area contributed by atoms with Crippen molar-refractivity contribution in [2.24, 2.45) is 5.41 Å². The number of amides is 1. The molecular weight excluding hydrogens is 394 g/mol. The predicted molar refractivity (Wildman–Crippen MR) is 122 cm³/mol. The second-order valence-corrected chi connectivity index (χ2v) is 8.85. The molecule has 0 saturated heterocycles. The summed E-state index contributed by atoms with van der Waals surface area (Å²) in [5, 5.41) is 3.17. The normalized spacial score (nSPS) is 11.5. The number of methoxy groups -OCH3 is 1. The van der Waals surface area contributed by atoms with Crippen LogP contribution in [0.3, 0.4) is 0 Å². The Balaban J connectivity index is 1.81. The van der Waals surface area contributed by atoms with Crippen molar-refractivity contribution in [1.82, 2.24) is 14.7 Å². The van der Waals surface area contributed by atoms with Crippen LogP contribution in [-0.2, 0) is 17.8 Å². The highest BCUT2D eigenvalue weighted by atomic mass is 16.5. The fraction of sp³-hybridized carbons (Fsp3) is 0.375. The zero-order valence-electron chi connectivity index (χ0n) is 18.5. The molecule has 7 nitrogen and oxygen atoms in total. The third kappa shape index (κ3) is 5.63. The lowest BCUT2D eigenvalue weighted by atomic mass is 9.95. The molecule has 0 aliphatic carbocycles. The summed E-state index contributed by atoms with van der Waals surface area (Å²) in [5.41, 5.74) is 0.207. The van der Waals surface area contributed by atoms with Gasteiger partial charge in [-0.1, -0.05) is 45.0 Å². The van der Waals surface area contributed by atoms with Crippen molar-refractivity contribution in [1.29, 1.82) is 0 Å². The van der Waals surface area contributed by atoms with Gasteiger partial charge in [-0.3, -0.25) is 19.5 Å². The van der Waals surface area contributed by atoms with Crippen LogP contribution in [0.4, 0.5) is 0 Å². The Morgan fingerprint density at radius 3 is 2.29 bits per heavy atom. The van der Waals surface area contributed by atoms with Gasteiger partial charge in [-0.25, -0.2) is 4.68 Å². The fourth-order valence-electron chi connectivity index (χ4n) is 3.51. The highest BCUT2D eigenvalue weighted by Crippen LogP contribution is 2.17. The summed E-state index contributed by atoms with van der Waals surface area (Å²) in [4.78, 5) is 40.0. The van der Waals surface area contributed by atoms with E-state index in [1.165, 1.54) is 0 Å². The molecule has 1 amide bonds. The molecule has 0 fully saturated rings.